The van der Waals surface area contributed by atoms with Gasteiger partial charge >= 0.3 is 0 Å². The number of likely N-dealkylation sites (N-methyl/N-ethyl adjacent to an activating group) is 1. The molecule has 9 heteroatoms. The van der Waals surface area contributed by atoms with E-state index in [1.807, 2.05) is 71.6 Å². The number of likely N-dealkylation sites (tertiary alicyclic amines) is 1. The third-order valence-electron chi connectivity index (χ3n) is 7.35. The summed E-state index contributed by atoms with van der Waals surface area (Å²) >= 11 is 0. The predicted molar refractivity (Wildman–Crippen MR) is 155 cm³/mol. The molecule has 2 aromatic heterocycles. The molecule has 6 rings (SSSR count). The molecule has 206 valence electrons. The molecule has 0 spiro atoms. The Bertz CT molecular complexity index is 1470. The highest BCUT2D eigenvalue weighted by Gasteiger charge is 2.26. The van der Waals surface area contributed by atoms with Crippen LogP contribution >= 0.6 is 0 Å². The van der Waals surface area contributed by atoms with Crippen LogP contribution in [0.2, 0.25) is 0 Å². The molecule has 40 heavy (non-hydrogen) atoms. The van der Waals surface area contributed by atoms with Gasteiger partial charge in [0, 0.05) is 50.1 Å². The normalized spacial score (nSPS) is 17.4. The maximum atomic E-state index is 12.8. The quantitative estimate of drug-likeness (QED) is 0.254. The highest BCUT2D eigenvalue weighted by molar-refractivity contribution is 5.93. The van der Waals surface area contributed by atoms with E-state index in [0.29, 0.717) is 35.6 Å². The fraction of sp³-hybridized carbons (Fsp3) is 0.323. The zero-order chi connectivity index (χ0) is 27.3. The van der Waals surface area contributed by atoms with E-state index in [1.165, 1.54) is 12.8 Å². The third-order valence-corrected chi connectivity index (χ3v) is 7.35. The van der Waals surface area contributed by atoms with Crippen molar-refractivity contribution >= 4 is 22.8 Å². The Kier molecular flexibility index (Phi) is 7.63. The monoisotopic (exact) mass is 538 g/mol. The minimum absolute atomic E-state index is 0.0629. The number of aromatic nitrogens is 3. The van der Waals surface area contributed by atoms with E-state index < -0.39 is 0 Å². The molecule has 4 aromatic rings. The first kappa shape index (κ1) is 25.9. The summed E-state index contributed by atoms with van der Waals surface area (Å²) in [6, 6.07) is 19.8. The van der Waals surface area contributed by atoms with Crippen LogP contribution in [-0.4, -0.2) is 69.7 Å². The number of nitrogens with one attached hydrogen (secondary N) is 2. The highest BCUT2D eigenvalue weighted by atomic mass is 16.5. The largest absolute Gasteiger partial charge is 0.457 e. The molecule has 0 radical (unpaired) electrons. The highest BCUT2D eigenvalue weighted by Crippen LogP contribution is 2.34. The Balaban J connectivity index is 1.11. The lowest BCUT2D eigenvalue weighted by Gasteiger charge is -2.32. The number of fused-ring (bicyclic) bond motifs is 1. The minimum atomic E-state index is 0.0629. The lowest BCUT2D eigenvalue weighted by molar-refractivity contribution is -0.127. The van der Waals surface area contributed by atoms with Crippen LogP contribution in [-0.2, 0) is 4.79 Å². The van der Waals surface area contributed by atoms with Gasteiger partial charge in [-0.25, -0.2) is 4.98 Å². The Morgan fingerprint density at radius 3 is 2.58 bits per heavy atom. The number of rotatable bonds is 10. The van der Waals surface area contributed by atoms with Gasteiger partial charge in [0.1, 0.15) is 28.4 Å². The number of aromatic amines is 1. The fourth-order valence-electron chi connectivity index (χ4n) is 5.02. The Morgan fingerprint density at radius 1 is 1.05 bits per heavy atom. The van der Waals surface area contributed by atoms with Gasteiger partial charge in [0.15, 0.2) is 11.5 Å². The van der Waals surface area contributed by atoms with Crippen LogP contribution in [0.3, 0.4) is 0 Å². The molecule has 2 aliphatic rings. The van der Waals surface area contributed by atoms with E-state index >= 15 is 0 Å². The SMILES string of the molecule is CN(C/C=C/C(=O)N1CCCC(Nc2n[nH]c3nccc(Oc4ccc(Oc5ccccc5)cc4)c23)C1)C1CC1. The van der Waals surface area contributed by atoms with Crippen molar-refractivity contribution in [3.8, 4) is 23.0 Å². The predicted octanol–water partition coefficient (Wildman–Crippen LogP) is 5.60. The second kappa shape index (κ2) is 11.8. The van der Waals surface area contributed by atoms with Gasteiger partial charge in [0.2, 0.25) is 5.91 Å². The van der Waals surface area contributed by atoms with Gasteiger partial charge in [0.25, 0.3) is 0 Å². The molecule has 2 fully saturated rings. The van der Waals surface area contributed by atoms with Crippen molar-refractivity contribution in [1.29, 1.82) is 0 Å². The lowest BCUT2D eigenvalue weighted by atomic mass is 10.1. The first-order valence-corrected chi connectivity index (χ1v) is 13.9. The average Bonchev–Trinajstić information content (AvgIpc) is 3.76. The standard InChI is InChI=1S/C31H34N6O3/c1-36(23-11-12-23)19-6-10-28(38)37-20-5-7-22(21-37)33-31-29-27(17-18-32-30(29)34-35-31)40-26-15-13-25(14-16-26)39-24-8-3-2-4-9-24/h2-4,6,8-10,13-18,22-23H,5,7,11-12,19-21H2,1H3,(H2,32,33,34,35)/b10-6+. The number of nitrogens with zero attached hydrogens (tertiary/aromatic N) is 4. The molecule has 1 unspecified atom stereocenters. The van der Waals surface area contributed by atoms with Crippen molar-refractivity contribution in [2.75, 3.05) is 32.0 Å². The lowest BCUT2D eigenvalue weighted by Crippen LogP contribution is -2.44. The maximum absolute atomic E-state index is 12.8. The third kappa shape index (κ3) is 6.26. The molecule has 1 saturated heterocycles. The number of carbonyl (C=O) groups excluding carboxylic acids is 1. The first-order chi connectivity index (χ1) is 19.6. The van der Waals surface area contributed by atoms with Crippen molar-refractivity contribution in [3.63, 3.8) is 0 Å². The Hall–Kier alpha value is -4.37. The van der Waals surface area contributed by atoms with Crippen molar-refractivity contribution in [2.24, 2.45) is 0 Å². The van der Waals surface area contributed by atoms with Gasteiger partial charge in [-0.1, -0.05) is 24.3 Å². The number of H-pyrrole nitrogens is 1. The zero-order valence-corrected chi connectivity index (χ0v) is 22.6. The van der Waals surface area contributed by atoms with Gasteiger partial charge in [-0.05, 0) is 69.1 Å². The topological polar surface area (TPSA) is 95.6 Å². The number of hydrogen-bond acceptors (Lipinski definition) is 7. The van der Waals surface area contributed by atoms with E-state index in [0.717, 1.165) is 42.8 Å². The second-order valence-corrected chi connectivity index (χ2v) is 10.4. The van der Waals surface area contributed by atoms with Gasteiger partial charge < -0.3 is 19.7 Å². The van der Waals surface area contributed by atoms with Gasteiger partial charge in [-0.3, -0.25) is 14.8 Å². The fourth-order valence-corrected chi connectivity index (χ4v) is 5.02. The van der Waals surface area contributed by atoms with Crippen molar-refractivity contribution in [3.05, 3.63) is 79.0 Å². The number of pyridine rings is 1. The summed E-state index contributed by atoms with van der Waals surface area (Å²) in [5, 5.41) is 11.8. The summed E-state index contributed by atoms with van der Waals surface area (Å²) in [6.07, 6.45) is 9.80. The van der Waals surface area contributed by atoms with Crippen LogP contribution in [0.1, 0.15) is 25.7 Å². The molecule has 1 aliphatic heterocycles. The summed E-state index contributed by atoms with van der Waals surface area (Å²) in [4.78, 5) is 21.5. The summed E-state index contributed by atoms with van der Waals surface area (Å²) in [7, 11) is 2.11. The number of carbonyl (C=O) groups is 1. The minimum Gasteiger partial charge on any atom is -0.457 e. The number of hydrogen-bond donors (Lipinski definition) is 2. The molecule has 0 bridgehead atoms. The second-order valence-electron chi connectivity index (χ2n) is 10.4. The number of anilines is 1. The van der Waals surface area contributed by atoms with Crippen LogP contribution in [0.4, 0.5) is 5.82 Å². The van der Waals surface area contributed by atoms with Crippen LogP contribution in [0.15, 0.2) is 79.0 Å². The molecular weight excluding hydrogens is 504 g/mol. The molecule has 1 amide bonds. The van der Waals surface area contributed by atoms with Crippen molar-refractivity contribution in [2.45, 2.75) is 37.8 Å². The summed E-state index contributed by atoms with van der Waals surface area (Å²) in [6.45, 7) is 2.19. The average molecular weight is 539 g/mol. The Morgan fingerprint density at radius 2 is 1.80 bits per heavy atom. The molecule has 9 nitrogen and oxygen atoms in total. The molecule has 3 heterocycles. The van der Waals surface area contributed by atoms with E-state index in [4.69, 9.17) is 9.47 Å². The number of benzene rings is 2. The molecule has 2 N–H and O–H groups in total. The van der Waals surface area contributed by atoms with E-state index in [2.05, 4.69) is 32.4 Å². The molecular formula is C31H34N6O3. The molecule has 2 aromatic carbocycles. The van der Waals surface area contributed by atoms with E-state index in [9.17, 15) is 4.79 Å². The van der Waals surface area contributed by atoms with Gasteiger partial charge in [-0.2, -0.15) is 5.10 Å². The summed E-state index contributed by atoms with van der Waals surface area (Å²) in [5.41, 5.74) is 0.635. The number of para-hydroxylation sites is 1. The smallest absolute Gasteiger partial charge is 0.246 e. The van der Waals surface area contributed by atoms with Crippen LogP contribution in [0.5, 0.6) is 23.0 Å². The maximum Gasteiger partial charge on any atom is 0.246 e. The van der Waals surface area contributed by atoms with Crippen molar-refractivity contribution in [1.82, 2.24) is 25.0 Å². The molecule has 1 atom stereocenters. The Labute approximate surface area is 233 Å². The van der Waals surface area contributed by atoms with Crippen LogP contribution < -0.4 is 14.8 Å². The number of amides is 1. The van der Waals surface area contributed by atoms with Crippen LogP contribution in [0.25, 0.3) is 11.0 Å². The van der Waals surface area contributed by atoms with Gasteiger partial charge in [-0.15, -0.1) is 0 Å². The van der Waals surface area contributed by atoms with E-state index in [1.54, 1.807) is 12.3 Å². The molecule has 1 saturated carbocycles. The summed E-state index contributed by atoms with van der Waals surface area (Å²) in [5.74, 6) is 3.56. The van der Waals surface area contributed by atoms with E-state index in [-0.39, 0.29) is 11.9 Å². The molecule has 1 aliphatic carbocycles. The zero-order valence-electron chi connectivity index (χ0n) is 22.6. The van der Waals surface area contributed by atoms with Crippen LogP contribution in [0, 0.1) is 0 Å². The number of piperidine rings is 1. The summed E-state index contributed by atoms with van der Waals surface area (Å²) < 4.78 is 12.1. The number of ether oxygens (including phenoxy) is 2. The van der Waals surface area contributed by atoms with Crippen molar-refractivity contribution < 1.29 is 14.3 Å². The first-order valence-electron chi connectivity index (χ1n) is 13.9. The van der Waals surface area contributed by atoms with Gasteiger partial charge in [0.05, 0.1) is 0 Å².